The quantitative estimate of drug-likeness (QED) is 0.777. The Morgan fingerprint density at radius 3 is 2.86 bits per heavy atom. The van der Waals surface area contributed by atoms with E-state index in [-0.39, 0.29) is 5.91 Å². The van der Waals surface area contributed by atoms with Crippen LogP contribution in [0.4, 0.5) is 0 Å². The summed E-state index contributed by atoms with van der Waals surface area (Å²) < 4.78 is 0. The Hall–Kier alpha value is -1.61. The van der Waals surface area contributed by atoms with Crippen LogP contribution in [0.2, 0.25) is 0 Å². The third-order valence-corrected chi connectivity index (χ3v) is 6.18. The molecule has 114 valence electrons. The Morgan fingerprint density at radius 1 is 1.18 bits per heavy atom. The van der Waals surface area contributed by atoms with Crippen molar-refractivity contribution in [2.75, 3.05) is 6.54 Å². The van der Waals surface area contributed by atoms with Gasteiger partial charge in [-0.1, -0.05) is 31.2 Å². The summed E-state index contributed by atoms with van der Waals surface area (Å²) in [6.07, 6.45) is 4.53. The number of aryl methyl sites for hydroxylation is 1. The van der Waals surface area contributed by atoms with Crippen molar-refractivity contribution in [3.8, 4) is 0 Å². The van der Waals surface area contributed by atoms with Crippen LogP contribution in [0.1, 0.15) is 44.6 Å². The molecule has 1 aromatic heterocycles. The predicted molar refractivity (Wildman–Crippen MR) is 90.4 cm³/mol. The zero-order chi connectivity index (χ0) is 15.1. The van der Waals surface area contributed by atoms with Crippen molar-refractivity contribution in [2.24, 2.45) is 5.92 Å². The third-order valence-electron chi connectivity index (χ3n) is 4.96. The van der Waals surface area contributed by atoms with Gasteiger partial charge in [0.05, 0.1) is 4.88 Å². The number of hydrogen-bond donors (Lipinski definition) is 0. The van der Waals surface area contributed by atoms with Crippen LogP contribution in [0.5, 0.6) is 0 Å². The lowest BCUT2D eigenvalue weighted by Crippen LogP contribution is -2.35. The normalized spacial score (nSPS) is 20.4. The van der Waals surface area contributed by atoms with Gasteiger partial charge in [0, 0.05) is 18.0 Å². The Kier molecular flexibility index (Phi) is 3.53. The number of thiophene rings is 1. The molecule has 0 N–H and O–H groups in total. The van der Waals surface area contributed by atoms with Gasteiger partial charge in [-0.25, -0.2) is 0 Å². The topological polar surface area (TPSA) is 20.3 Å². The average Bonchev–Trinajstić information content (AvgIpc) is 2.96. The van der Waals surface area contributed by atoms with Gasteiger partial charge in [-0.3, -0.25) is 4.79 Å². The molecule has 1 amide bonds. The molecule has 0 radical (unpaired) electrons. The fraction of sp³-hybridized carbons (Fsp3) is 0.421. The highest BCUT2D eigenvalue weighted by Crippen LogP contribution is 2.33. The maximum Gasteiger partial charge on any atom is 0.264 e. The molecule has 3 heteroatoms. The van der Waals surface area contributed by atoms with Crippen molar-refractivity contribution in [3.05, 3.63) is 56.8 Å². The average molecular weight is 311 g/mol. The van der Waals surface area contributed by atoms with Crippen molar-refractivity contribution in [1.29, 1.82) is 0 Å². The molecular formula is C19H21NOS. The van der Waals surface area contributed by atoms with E-state index < -0.39 is 0 Å². The Labute approximate surface area is 135 Å². The van der Waals surface area contributed by atoms with Crippen LogP contribution in [-0.2, 0) is 25.8 Å². The highest BCUT2D eigenvalue weighted by molar-refractivity contribution is 7.14. The minimum Gasteiger partial charge on any atom is -0.333 e. The van der Waals surface area contributed by atoms with Crippen LogP contribution in [0.25, 0.3) is 0 Å². The van der Waals surface area contributed by atoms with Gasteiger partial charge in [0.15, 0.2) is 0 Å². The van der Waals surface area contributed by atoms with Crippen LogP contribution in [0.3, 0.4) is 0 Å². The van der Waals surface area contributed by atoms with Crippen LogP contribution < -0.4 is 0 Å². The lowest BCUT2D eigenvalue weighted by molar-refractivity contribution is 0.0739. The molecule has 2 heterocycles. The Bertz CT molecular complexity index is 718. The van der Waals surface area contributed by atoms with Gasteiger partial charge in [-0.15, -0.1) is 11.3 Å². The second-order valence-electron chi connectivity index (χ2n) is 6.65. The summed E-state index contributed by atoms with van der Waals surface area (Å²) in [5.41, 5.74) is 4.12. The van der Waals surface area contributed by atoms with Crippen molar-refractivity contribution in [1.82, 2.24) is 4.90 Å². The number of carbonyl (C=O) groups is 1. The molecule has 22 heavy (non-hydrogen) atoms. The maximum atomic E-state index is 12.8. The molecule has 0 spiro atoms. The summed E-state index contributed by atoms with van der Waals surface area (Å²) in [6.45, 7) is 3.91. The minimum atomic E-state index is 0.224. The fourth-order valence-electron chi connectivity index (χ4n) is 3.64. The largest absolute Gasteiger partial charge is 0.333 e. The second kappa shape index (κ2) is 5.54. The number of nitrogens with zero attached hydrogens (tertiary/aromatic N) is 1. The van der Waals surface area contributed by atoms with E-state index >= 15 is 0 Å². The van der Waals surface area contributed by atoms with Crippen molar-refractivity contribution in [2.45, 2.75) is 39.2 Å². The van der Waals surface area contributed by atoms with Crippen molar-refractivity contribution >= 4 is 17.2 Å². The lowest BCUT2D eigenvalue weighted by atomic mass is 9.90. The third kappa shape index (κ3) is 2.48. The number of rotatable bonds is 1. The van der Waals surface area contributed by atoms with Gasteiger partial charge in [-0.2, -0.15) is 0 Å². The Morgan fingerprint density at radius 2 is 2.00 bits per heavy atom. The fourth-order valence-corrected chi connectivity index (χ4v) is 4.81. The maximum absolute atomic E-state index is 12.8. The molecular weight excluding hydrogens is 290 g/mol. The second-order valence-corrected chi connectivity index (χ2v) is 7.79. The summed E-state index contributed by atoms with van der Waals surface area (Å²) in [6, 6.07) is 10.7. The first-order valence-electron chi connectivity index (χ1n) is 8.18. The van der Waals surface area contributed by atoms with Crippen molar-refractivity contribution in [3.63, 3.8) is 0 Å². The van der Waals surface area contributed by atoms with Crippen LogP contribution in [0.15, 0.2) is 30.3 Å². The zero-order valence-corrected chi connectivity index (χ0v) is 13.8. The van der Waals surface area contributed by atoms with E-state index in [1.54, 1.807) is 11.3 Å². The molecule has 1 aromatic carbocycles. The number of fused-ring (bicyclic) bond motifs is 2. The van der Waals surface area contributed by atoms with E-state index in [4.69, 9.17) is 0 Å². The van der Waals surface area contributed by atoms with Gasteiger partial charge in [0.25, 0.3) is 5.91 Å². The monoisotopic (exact) mass is 311 g/mol. The number of benzene rings is 1. The van der Waals surface area contributed by atoms with Gasteiger partial charge >= 0.3 is 0 Å². The van der Waals surface area contributed by atoms with Crippen LogP contribution in [-0.4, -0.2) is 17.4 Å². The van der Waals surface area contributed by atoms with E-state index in [2.05, 4.69) is 37.3 Å². The molecule has 0 saturated heterocycles. The summed E-state index contributed by atoms with van der Waals surface area (Å²) in [4.78, 5) is 17.2. The first-order valence-corrected chi connectivity index (χ1v) is 9.00. The minimum absolute atomic E-state index is 0.224. The SMILES string of the molecule is CC1CCc2sc(C(=O)N3CCc4ccccc4C3)cc2C1. The standard InChI is InChI=1S/C19H21NOS/c1-13-6-7-17-16(10-13)11-18(22-17)19(21)20-9-8-14-4-2-3-5-15(14)12-20/h2-5,11,13H,6-10,12H2,1H3. The highest BCUT2D eigenvalue weighted by Gasteiger charge is 2.25. The summed E-state index contributed by atoms with van der Waals surface area (Å²) in [5, 5.41) is 0. The highest BCUT2D eigenvalue weighted by atomic mass is 32.1. The smallest absolute Gasteiger partial charge is 0.264 e. The molecule has 1 aliphatic carbocycles. The van der Waals surface area contributed by atoms with Gasteiger partial charge in [0.2, 0.25) is 0 Å². The van der Waals surface area contributed by atoms with E-state index in [1.165, 1.54) is 28.0 Å². The molecule has 1 aliphatic heterocycles. The van der Waals surface area contributed by atoms with Crippen molar-refractivity contribution < 1.29 is 4.79 Å². The number of hydrogen-bond acceptors (Lipinski definition) is 2. The molecule has 2 aromatic rings. The lowest BCUT2D eigenvalue weighted by Gasteiger charge is -2.28. The molecule has 2 aliphatic rings. The summed E-state index contributed by atoms with van der Waals surface area (Å²) >= 11 is 1.73. The predicted octanol–water partition coefficient (Wildman–Crippen LogP) is 4.07. The number of amides is 1. The summed E-state index contributed by atoms with van der Waals surface area (Å²) in [7, 11) is 0. The molecule has 1 atom stereocenters. The first kappa shape index (κ1) is 14.0. The molecule has 2 nitrogen and oxygen atoms in total. The molecule has 0 fully saturated rings. The van der Waals surface area contributed by atoms with Crippen LogP contribution in [0, 0.1) is 5.92 Å². The molecule has 0 bridgehead atoms. The molecule has 4 rings (SSSR count). The molecule has 1 unspecified atom stereocenters. The van der Waals surface area contributed by atoms with Gasteiger partial charge in [0.1, 0.15) is 0 Å². The van der Waals surface area contributed by atoms with E-state index in [0.29, 0.717) is 0 Å². The van der Waals surface area contributed by atoms with Gasteiger partial charge < -0.3 is 4.90 Å². The first-order chi connectivity index (χ1) is 10.7. The van der Waals surface area contributed by atoms with Gasteiger partial charge in [-0.05, 0) is 54.4 Å². The zero-order valence-electron chi connectivity index (χ0n) is 13.0. The Balaban J connectivity index is 1.56. The number of carbonyl (C=O) groups excluding carboxylic acids is 1. The van der Waals surface area contributed by atoms with E-state index in [1.807, 2.05) is 4.90 Å². The van der Waals surface area contributed by atoms with E-state index in [0.717, 1.165) is 43.1 Å². The van der Waals surface area contributed by atoms with E-state index in [9.17, 15) is 4.79 Å². The summed E-state index contributed by atoms with van der Waals surface area (Å²) in [5.74, 6) is 0.980. The van der Waals surface area contributed by atoms with Crippen LogP contribution >= 0.6 is 11.3 Å². The molecule has 0 saturated carbocycles.